The van der Waals surface area contributed by atoms with Gasteiger partial charge in [-0.3, -0.25) is 14.3 Å². The number of rotatable bonds is 2. The normalized spacial score (nSPS) is 23.7. The van der Waals surface area contributed by atoms with E-state index in [0.717, 1.165) is 12.1 Å². The lowest BCUT2D eigenvalue weighted by atomic mass is 9.85. The van der Waals surface area contributed by atoms with Crippen LogP contribution in [0.15, 0.2) is 29.1 Å². The van der Waals surface area contributed by atoms with E-state index in [1.54, 1.807) is 33.7 Å². The van der Waals surface area contributed by atoms with Crippen LogP contribution in [0.25, 0.3) is 0 Å². The van der Waals surface area contributed by atoms with Crippen molar-refractivity contribution in [2.45, 2.75) is 19.8 Å². The molecule has 24 heavy (non-hydrogen) atoms. The van der Waals surface area contributed by atoms with Crippen LogP contribution in [-0.2, 0) is 11.8 Å². The number of likely N-dealkylation sites (tertiary alicyclic amines) is 1. The predicted molar refractivity (Wildman–Crippen MR) is 86.6 cm³/mol. The molecule has 7 heteroatoms. The van der Waals surface area contributed by atoms with Crippen molar-refractivity contribution in [3.8, 4) is 0 Å². The summed E-state index contributed by atoms with van der Waals surface area (Å²) in [6.07, 6.45) is 6.58. The topological polar surface area (TPSA) is 71.6 Å². The van der Waals surface area contributed by atoms with Crippen molar-refractivity contribution in [2.75, 3.05) is 24.5 Å². The largest absolute Gasteiger partial charge is 0.469 e. The fraction of sp³-hybridized carbons (Fsp3) is 0.471. The van der Waals surface area contributed by atoms with Crippen LogP contribution in [0.1, 0.15) is 29.0 Å². The van der Waals surface area contributed by atoms with E-state index in [1.807, 2.05) is 13.2 Å². The smallest absolute Gasteiger partial charge is 0.257 e. The number of hydrogen-bond acceptors (Lipinski definition) is 4. The van der Waals surface area contributed by atoms with Gasteiger partial charge in [-0.15, -0.1) is 0 Å². The molecule has 1 spiro atoms. The van der Waals surface area contributed by atoms with Crippen LogP contribution in [0.2, 0.25) is 0 Å². The number of furan rings is 1. The first-order valence-corrected chi connectivity index (χ1v) is 8.14. The van der Waals surface area contributed by atoms with Gasteiger partial charge < -0.3 is 14.2 Å². The third-order valence-corrected chi connectivity index (χ3v) is 5.25. The quantitative estimate of drug-likeness (QED) is 0.839. The third kappa shape index (κ3) is 2.15. The Morgan fingerprint density at radius 3 is 2.79 bits per heavy atom. The first-order chi connectivity index (χ1) is 11.5. The number of aryl methyl sites for hydroxylation is 2. The molecule has 2 fully saturated rings. The monoisotopic (exact) mass is 328 g/mol. The van der Waals surface area contributed by atoms with Crippen molar-refractivity contribution in [3.63, 3.8) is 0 Å². The van der Waals surface area contributed by atoms with Gasteiger partial charge in [0.1, 0.15) is 5.76 Å². The minimum atomic E-state index is -0.455. The number of amides is 2. The fourth-order valence-electron chi connectivity index (χ4n) is 3.82. The number of hydrogen-bond donors (Lipinski definition) is 0. The number of carbonyl (C=O) groups is 2. The van der Waals surface area contributed by atoms with Gasteiger partial charge >= 0.3 is 0 Å². The molecule has 2 amide bonds. The van der Waals surface area contributed by atoms with Gasteiger partial charge in [0.05, 0.1) is 29.1 Å². The Morgan fingerprint density at radius 1 is 1.33 bits per heavy atom. The molecule has 0 aromatic carbocycles. The average Bonchev–Trinajstić information content (AvgIpc) is 3.31. The molecule has 0 radical (unpaired) electrons. The van der Waals surface area contributed by atoms with Crippen LogP contribution in [0.3, 0.4) is 0 Å². The second-order valence-corrected chi connectivity index (χ2v) is 6.73. The van der Waals surface area contributed by atoms with E-state index in [-0.39, 0.29) is 11.8 Å². The Kier molecular flexibility index (Phi) is 3.26. The molecular weight excluding hydrogens is 308 g/mol. The summed E-state index contributed by atoms with van der Waals surface area (Å²) in [5.41, 5.74) is 0.958. The van der Waals surface area contributed by atoms with Gasteiger partial charge in [0.2, 0.25) is 5.91 Å². The van der Waals surface area contributed by atoms with Gasteiger partial charge in [0, 0.05) is 32.9 Å². The Labute approximate surface area is 139 Å². The number of aromatic nitrogens is 2. The van der Waals surface area contributed by atoms with Gasteiger partial charge in [-0.1, -0.05) is 0 Å². The maximum absolute atomic E-state index is 13.0. The number of anilines is 1. The summed E-state index contributed by atoms with van der Waals surface area (Å²) in [4.78, 5) is 29.2. The van der Waals surface area contributed by atoms with Crippen LogP contribution in [0.5, 0.6) is 0 Å². The molecular formula is C17H20N4O3. The molecule has 1 unspecified atom stereocenters. The standard InChI is InChI=1S/C17H20N4O3/c1-12-14(3-8-24-12)15(22)20-6-4-17(11-20)5-7-21(16(17)23)13-9-18-19(2)10-13/h3,8-10H,4-7,11H2,1-2H3. The number of nitrogens with zero attached hydrogens (tertiary/aromatic N) is 4. The highest BCUT2D eigenvalue weighted by atomic mass is 16.3. The van der Waals surface area contributed by atoms with Crippen LogP contribution in [-0.4, -0.2) is 46.1 Å². The maximum atomic E-state index is 13.0. The van der Waals surface area contributed by atoms with Crippen molar-refractivity contribution in [1.29, 1.82) is 0 Å². The molecule has 0 bridgehead atoms. The predicted octanol–water partition coefficient (Wildman–Crippen LogP) is 1.59. The second-order valence-electron chi connectivity index (χ2n) is 6.73. The molecule has 4 rings (SSSR count). The van der Waals surface area contributed by atoms with E-state index < -0.39 is 5.41 Å². The molecule has 126 valence electrons. The summed E-state index contributed by atoms with van der Waals surface area (Å²) in [5, 5.41) is 4.15. The molecule has 2 aromatic rings. The summed E-state index contributed by atoms with van der Waals surface area (Å²) in [5.74, 6) is 0.677. The van der Waals surface area contributed by atoms with E-state index in [4.69, 9.17) is 4.42 Å². The van der Waals surface area contributed by atoms with Gasteiger partial charge in [-0.25, -0.2) is 0 Å². The molecule has 2 aliphatic heterocycles. The minimum absolute atomic E-state index is 0.0502. The highest BCUT2D eigenvalue weighted by Gasteiger charge is 2.52. The highest BCUT2D eigenvalue weighted by molar-refractivity contribution is 6.01. The third-order valence-electron chi connectivity index (χ3n) is 5.25. The van der Waals surface area contributed by atoms with E-state index in [1.165, 1.54) is 6.26 Å². The molecule has 1 atom stereocenters. The Balaban J connectivity index is 1.53. The van der Waals surface area contributed by atoms with E-state index >= 15 is 0 Å². The Bertz CT molecular complexity index is 808. The van der Waals surface area contributed by atoms with Gasteiger partial charge in [-0.05, 0) is 25.8 Å². The first-order valence-electron chi connectivity index (χ1n) is 8.14. The molecule has 2 saturated heterocycles. The number of carbonyl (C=O) groups excluding carboxylic acids is 2. The highest BCUT2D eigenvalue weighted by Crippen LogP contribution is 2.42. The zero-order valence-electron chi connectivity index (χ0n) is 13.9. The van der Waals surface area contributed by atoms with Gasteiger partial charge in [0.15, 0.2) is 0 Å². The van der Waals surface area contributed by atoms with Crippen LogP contribution < -0.4 is 4.90 Å². The van der Waals surface area contributed by atoms with Crippen LogP contribution in [0, 0.1) is 12.3 Å². The van der Waals surface area contributed by atoms with E-state index in [2.05, 4.69) is 5.10 Å². The van der Waals surface area contributed by atoms with Crippen LogP contribution in [0.4, 0.5) is 5.69 Å². The molecule has 0 aliphatic carbocycles. The Morgan fingerprint density at radius 2 is 2.12 bits per heavy atom. The van der Waals surface area contributed by atoms with Gasteiger partial charge in [0.25, 0.3) is 5.91 Å². The minimum Gasteiger partial charge on any atom is -0.469 e. The molecule has 4 heterocycles. The lowest BCUT2D eigenvalue weighted by molar-refractivity contribution is -0.124. The summed E-state index contributed by atoms with van der Waals surface area (Å²) in [7, 11) is 1.84. The summed E-state index contributed by atoms with van der Waals surface area (Å²) >= 11 is 0. The molecule has 0 saturated carbocycles. The first kappa shape index (κ1) is 15.0. The summed E-state index contributed by atoms with van der Waals surface area (Å²) in [6, 6.07) is 1.70. The summed E-state index contributed by atoms with van der Waals surface area (Å²) < 4.78 is 6.92. The molecule has 7 nitrogen and oxygen atoms in total. The fourth-order valence-corrected chi connectivity index (χ4v) is 3.82. The van der Waals surface area contributed by atoms with E-state index in [9.17, 15) is 9.59 Å². The van der Waals surface area contributed by atoms with Crippen molar-refractivity contribution < 1.29 is 14.0 Å². The lowest BCUT2D eigenvalue weighted by Crippen LogP contribution is -2.38. The lowest BCUT2D eigenvalue weighted by Gasteiger charge is -2.23. The molecule has 2 aromatic heterocycles. The van der Waals surface area contributed by atoms with Crippen LogP contribution >= 0.6 is 0 Å². The zero-order valence-corrected chi connectivity index (χ0v) is 13.9. The van der Waals surface area contributed by atoms with Crippen molar-refractivity contribution in [2.24, 2.45) is 12.5 Å². The van der Waals surface area contributed by atoms with E-state index in [0.29, 0.717) is 37.4 Å². The molecule has 2 aliphatic rings. The maximum Gasteiger partial charge on any atom is 0.257 e. The SMILES string of the molecule is Cc1occc1C(=O)N1CCC2(CCN(c3cnn(C)c3)C2=O)C1. The van der Waals surface area contributed by atoms with Crippen molar-refractivity contribution >= 4 is 17.5 Å². The summed E-state index contributed by atoms with van der Waals surface area (Å²) in [6.45, 7) is 3.54. The van der Waals surface area contributed by atoms with Gasteiger partial charge in [-0.2, -0.15) is 5.10 Å². The van der Waals surface area contributed by atoms with Crippen molar-refractivity contribution in [1.82, 2.24) is 14.7 Å². The zero-order chi connectivity index (χ0) is 16.9. The average molecular weight is 328 g/mol. The molecule has 0 N–H and O–H groups in total. The van der Waals surface area contributed by atoms with Crippen molar-refractivity contribution in [3.05, 3.63) is 36.0 Å². The Hall–Kier alpha value is -2.57. The second kappa shape index (κ2) is 5.22.